The summed E-state index contributed by atoms with van der Waals surface area (Å²) in [5.74, 6) is -0.0714. The van der Waals surface area contributed by atoms with Crippen molar-refractivity contribution >= 4 is 34.8 Å². The fourth-order valence-corrected chi connectivity index (χ4v) is 1.69. The number of anilines is 1. The van der Waals surface area contributed by atoms with Gasteiger partial charge in [0.25, 0.3) is 0 Å². The Bertz CT molecular complexity index is 349. The highest BCUT2D eigenvalue weighted by atomic mass is 35.5. The summed E-state index contributed by atoms with van der Waals surface area (Å²) in [6.07, 6.45) is 0.915. The van der Waals surface area contributed by atoms with Crippen LogP contribution in [-0.4, -0.2) is 19.0 Å². The Morgan fingerprint density at radius 3 is 2.50 bits per heavy atom. The van der Waals surface area contributed by atoms with Gasteiger partial charge >= 0.3 is 0 Å². The molecule has 0 spiro atoms. The highest BCUT2D eigenvalue weighted by Crippen LogP contribution is 2.29. The van der Waals surface area contributed by atoms with Crippen LogP contribution in [0.4, 0.5) is 5.69 Å². The zero-order chi connectivity index (χ0) is 12.0. The molecule has 2 N–H and O–H groups in total. The fraction of sp³-hybridized carbons (Fsp3) is 0.364. The Labute approximate surface area is 105 Å². The molecule has 16 heavy (non-hydrogen) atoms. The van der Waals surface area contributed by atoms with E-state index in [-0.39, 0.29) is 12.5 Å². The maximum Gasteiger partial charge on any atom is 0.239 e. The molecule has 1 aromatic rings. The summed E-state index contributed by atoms with van der Waals surface area (Å²) in [5.41, 5.74) is 0.595. The van der Waals surface area contributed by atoms with Crippen molar-refractivity contribution in [1.29, 1.82) is 0 Å². The molecule has 1 aromatic carbocycles. The lowest BCUT2D eigenvalue weighted by Gasteiger charge is -2.10. The van der Waals surface area contributed by atoms with Crippen molar-refractivity contribution in [1.82, 2.24) is 5.32 Å². The quantitative estimate of drug-likeness (QED) is 0.855. The van der Waals surface area contributed by atoms with Gasteiger partial charge in [-0.1, -0.05) is 36.2 Å². The maximum absolute atomic E-state index is 11.3. The minimum absolute atomic E-state index is 0.0714. The molecule has 0 heterocycles. The predicted molar refractivity (Wildman–Crippen MR) is 68.3 cm³/mol. The minimum atomic E-state index is -0.0714. The molecule has 88 valence electrons. The standard InChI is InChI=1S/C11H14Cl2N2O/c1-2-6-14-10(16)7-15-11-8(12)4-3-5-9(11)13/h3-5,15H,2,6-7H2,1H3,(H,14,16). The van der Waals surface area contributed by atoms with Gasteiger partial charge in [-0.15, -0.1) is 0 Å². The molecule has 0 saturated heterocycles. The van der Waals surface area contributed by atoms with Gasteiger partial charge in [-0.2, -0.15) is 0 Å². The summed E-state index contributed by atoms with van der Waals surface area (Å²) in [6.45, 7) is 2.85. The van der Waals surface area contributed by atoms with Crippen LogP contribution in [0.5, 0.6) is 0 Å². The second-order valence-corrected chi connectivity index (χ2v) is 4.11. The van der Waals surface area contributed by atoms with Gasteiger partial charge in [-0.25, -0.2) is 0 Å². The largest absolute Gasteiger partial charge is 0.374 e. The van der Waals surface area contributed by atoms with E-state index in [4.69, 9.17) is 23.2 Å². The summed E-state index contributed by atoms with van der Waals surface area (Å²) >= 11 is 11.9. The van der Waals surface area contributed by atoms with E-state index >= 15 is 0 Å². The lowest BCUT2D eigenvalue weighted by atomic mass is 10.3. The van der Waals surface area contributed by atoms with Gasteiger partial charge in [0, 0.05) is 6.54 Å². The first-order valence-electron chi connectivity index (χ1n) is 5.09. The highest BCUT2D eigenvalue weighted by Gasteiger charge is 2.06. The summed E-state index contributed by atoms with van der Waals surface area (Å²) in [5, 5.41) is 6.69. The van der Waals surface area contributed by atoms with Crippen molar-refractivity contribution in [2.45, 2.75) is 13.3 Å². The van der Waals surface area contributed by atoms with Gasteiger partial charge in [-0.05, 0) is 18.6 Å². The van der Waals surface area contributed by atoms with Crippen molar-refractivity contribution < 1.29 is 4.79 Å². The van der Waals surface area contributed by atoms with Gasteiger partial charge in [0.15, 0.2) is 0 Å². The van der Waals surface area contributed by atoms with Gasteiger partial charge in [-0.3, -0.25) is 4.79 Å². The van der Waals surface area contributed by atoms with Gasteiger partial charge in [0.2, 0.25) is 5.91 Å². The fourth-order valence-electron chi connectivity index (χ4n) is 1.16. The smallest absolute Gasteiger partial charge is 0.239 e. The first-order chi connectivity index (χ1) is 7.65. The third-order valence-corrected chi connectivity index (χ3v) is 2.59. The number of carbonyl (C=O) groups is 1. The van der Waals surface area contributed by atoms with Crippen LogP contribution in [0.1, 0.15) is 13.3 Å². The molecule has 1 rings (SSSR count). The summed E-state index contributed by atoms with van der Waals surface area (Å²) in [4.78, 5) is 11.3. The number of para-hydroxylation sites is 1. The predicted octanol–water partition coefficient (Wildman–Crippen LogP) is 2.93. The van der Waals surface area contributed by atoms with Gasteiger partial charge in [0.05, 0.1) is 22.3 Å². The molecule has 0 unspecified atom stereocenters. The molecular weight excluding hydrogens is 247 g/mol. The highest BCUT2D eigenvalue weighted by molar-refractivity contribution is 6.39. The molecule has 0 atom stereocenters. The number of rotatable bonds is 5. The van der Waals surface area contributed by atoms with Crippen LogP contribution in [-0.2, 0) is 4.79 Å². The first kappa shape index (κ1) is 13.1. The van der Waals surface area contributed by atoms with Gasteiger partial charge in [0.1, 0.15) is 0 Å². The SMILES string of the molecule is CCCNC(=O)CNc1c(Cl)cccc1Cl. The number of hydrogen-bond acceptors (Lipinski definition) is 2. The number of benzene rings is 1. The topological polar surface area (TPSA) is 41.1 Å². The van der Waals surface area contributed by atoms with E-state index in [0.717, 1.165) is 6.42 Å². The van der Waals surface area contributed by atoms with Crippen LogP contribution in [0.25, 0.3) is 0 Å². The molecule has 5 heteroatoms. The first-order valence-corrected chi connectivity index (χ1v) is 5.85. The number of amides is 1. The molecule has 0 saturated carbocycles. The normalized spacial score (nSPS) is 9.94. The summed E-state index contributed by atoms with van der Waals surface area (Å²) < 4.78 is 0. The molecule has 0 aliphatic rings. The zero-order valence-corrected chi connectivity index (χ0v) is 10.5. The molecule has 0 aliphatic heterocycles. The van der Waals surface area contributed by atoms with Crippen LogP contribution in [0.3, 0.4) is 0 Å². The Balaban J connectivity index is 2.51. The minimum Gasteiger partial charge on any atom is -0.374 e. The van der Waals surface area contributed by atoms with Crippen molar-refractivity contribution in [3.63, 3.8) is 0 Å². The van der Waals surface area contributed by atoms with E-state index < -0.39 is 0 Å². The Morgan fingerprint density at radius 2 is 1.94 bits per heavy atom. The second kappa shape index (κ2) is 6.61. The number of nitrogens with one attached hydrogen (secondary N) is 2. The molecule has 0 fully saturated rings. The molecule has 0 aromatic heterocycles. The third-order valence-electron chi connectivity index (χ3n) is 1.96. The van der Waals surface area contributed by atoms with E-state index in [1.807, 2.05) is 6.92 Å². The van der Waals surface area contributed by atoms with Crippen LogP contribution < -0.4 is 10.6 Å². The molecule has 1 amide bonds. The Kier molecular flexibility index (Phi) is 5.43. The molecule has 3 nitrogen and oxygen atoms in total. The second-order valence-electron chi connectivity index (χ2n) is 3.30. The Morgan fingerprint density at radius 1 is 1.31 bits per heavy atom. The third kappa shape index (κ3) is 3.91. The number of halogens is 2. The van der Waals surface area contributed by atoms with Crippen molar-refractivity contribution in [3.05, 3.63) is 28.2 Å². The van der Waals surface area contributed by atoms with Crippen LogP contribution in [0, 0.1) is 0 Å². The summed E-state index contributed by atoms with van der Waals surface area (Å²) in [6, 6.07) is 5.20. The van der Waals surface area contributed by atoms with Crippen LogP contribution in [0.2, 0.25) is 10.0 Å². The van der Waals surface area contributed by atoms with E-state index in [1.165, 1.54) is 0 Å². The molecular formula is C11H14Cl2N2O. The van der Waals surface area contributed by atoms with Crippen molar-refractivity contribution in [2.24, 2.45) is 0 Å². The van der Waals surface area contributed by atoms with Crippen LogP contribution >= 0.6 is 23.2 Å². The lowest BCUT2D eigenvalue weighted by molar-refractivity contribution is -0.119. The maximum atomic E-state index is 11.3. The molecule has 0 aliphatic carbocycles. The molecule has 0 radical (unpaired) electrons. The van der Waals surface area contributed by atoms with Crippen molar-refractivity contribution in [2.75, 3.05) is 18.4 Å². The van der Waals surface area contributed by atoms with E-state index in [1.54, 1.807) is 18.2 Å². The van der Waals surface area contributed by atoms with Crippen molar-refractivity contribution in [3.8, 4) is 0 Å². The number of carbonyl (C=O) groups excluding carboxylic acids is 1. The summed E-state index contributed by atoms with van der Waals surface area (Å²) in [7, 11) is 0. The zero-order valence-electron chi connectivity index (χ0n) is 9.02. The lowest BCUT2D eigenvalue weighted by Crippen LogP contribution is -2.30. The van der Waals surface area contributed by atoms with E-state index in [2.05, 4.69) is 10.6 Å². The van der Waals surface area contributed by atoms with E-state index in [9.17, 15) is 4.79 Å². The average molecular weight is 261 g/mol. The Hall–Kier alpha value is -0.930. The number of hydrogen-bond donors (Lipinski definition) is 2. The van der Waals surface area contributed by atoms with Crippen LogP contribution in [0.15, 0.2) is 18.2 Å². The van der Waals surface area contributed by atoms with E-state index in [0.29, 0.717) is 22.3 Å². The van der Waals surface area contributed by atoms with Gasteiger partial charge < -0.3 is 10.6 Å². The molecule has 0 bridgehead atoms. The monoisotopic (exact) mass is 260 g/mol. The average Bonchev–Trinajstić information content (AvgIpc) is 2.25.